The number of pyridine rings is 1. The third-order valence-electron chi connectivity index (χ3n) is 11.9. The highest BCUT2D eigenvalue weighted by Crippen LogP contribution is 2.46. The molecular formula is C58H36N4O. The van der Waals surface area contributed by atoms with Crippen molar-refractivity contribution in [3.63, 3.8) is 0 Å². The number of nitrogens with zero attached hydrogens (tertiary/aromatic N) is 4. The molecular weight excluding hydrogens is 769 g/mol. The predicted octanol–water partition coefficient (Wildman–Crippen LogP) is 15.1. The summed E-state index contributed by atoms with van der Waals surface area (Å²) in [6.07, 6.45) is 0. The van der Waals surface area contributed by atoms with Crippen LogP contribution in [0.15, 0.2) is 223 Å². The molecule has 3 heterocycles. The molecule has 0 aliphatic heterocycles. The SMILES string of the molecule is c1ccc(-c2cccc(-c3nc(-c4ccccc4)nc(-c4ccc(-c5ccc(-c6nc7ccccc7c7c(-c8ccccc8)c8c(cc67)oc6ccccc68)cc5)cc4)n3)c2)cc1. The average molecular weight is 805 g/mol. The van der Waals surface area contributed by atoms with E-state index in [1.807, 2.05) is 48.5 Å². The monoisotopic (exact) mass is 804 g/mol. The fraction of sp³-hybridized carbons (Fsp3) is 0. The van der Waals surface area contributed by atoms with E-state index in [0.717, 1.165) is 99.6 Å². The van der Waals surface area contributed by atoms with Crippen LogP contribution in [0.25, 0.3) is 122 Å². The van der Waals surface area contributed by atoms with Gasteiger partial charge in [-0.3, -0.25) is 0 Å². The van der Waals surface area contributed by atoms with Gasteiger partial charge < -0.3 is 4.42 Å². The van der Waals surface area contributed by atoms with Crippen LogP contribution < -0.4 is 0 Å². The van der Waals surface area contributed by atoms with Crippen molar-refractivity contribution in [2.75, 3.05) is 0 Å². The van der Waals surface area contributed by atoms with Gasteiger partial charge in [-0.1, -0.05) is 194 Å². The Morgan fingerprint density at radius 1 is 0.270 bits per heavy atom. The molecule has 0 unspecified atom stereocenters. The van der Waals surface area contributed by atoms with Gasteiger partial charge in [0.1, 0.15) is 11.2 Å². The first kappa shape index (κ1) is 36.3. The first-order valence-corrected chi connectivity index (χ1v) is 21.1. The van der Waals surface area contributed by atoms with Crippen LogP contribution in [0.5, 0.6) is 0 Å². The topological polar surface area (TPSA) is 64.7 Å². The van der Waals surface area contributed by atoms with E-state index in [1.54, 1.807) is 0 Å². The summed E-state index contributed by atoms with van der Waals surface area (Å²) in [5.74, 6) is 1.88. The summed E-state index contributed by atoms with van der Waals surface area (Å²) in [5, 5.41) is 5.55. The average Bonchev–Trinajstić information content (AvgIpc) is 3.74. The maximum absolute atomic E-state index is 6.58. The van der Waals surface area contributed by atoms with E-state index in [0.29, 0.717) is 17.5 Å². The fourth-order valence-corrected chi connectivity index (χ4v) is 8.88. The lowest BCUT2D eigenvalue weighted by Gasteiger charge is -2.16. The summed E-state index contributed by atoms with van der Waals surface area (Å²) in [6, 6.07) is 75.7. The van der Waals surface area contributed by atoms with E-state index in [2.05, 4.69) is 170 Å². The van der Waals surface area contributed by atoms with E-state index >= 15 is 0 Å². The third-order valence-corrected chi connectivity index (χ3v) is 11.9. The number of aromatic nitrogens is 4. The number of hydrogen-bond donors (Lipinski definition) is 0. The van der Waals surface area contributed by atoms with Crippen molar-refractivity contribution in [2.45, 2.75) is 0 Å². The Kier molecular flexibility index (Phi) is 8.75. The third kappa shape index (κ3) is 6.51. The van der Waals surface area contributed by atoms with Crippen molar-refractivity contribution >= 4 is 43.6 Å². The highest BCUT2D eigenvalue weighted by atomic mass is 16.3. The second-order valence-electron chi connectivity index (χ2n) is 15.8. The molecule has 0 fully saturated rings. The van der Waals surface area contributed by atoms with Gasteiger partial charge in [0, 0.05) is 54.7 Å². The largest absolute Gasteiger partial charge is 0.456 e. The lowest BCUT2D eigenvalue weighted by Crippen LogP contribution is -2.00. The van der Waals surface area contributed by atoms with Gasteiger partial charge in [0.05, 0.1) is 11.2 Å². The van der Waals surface area contributed by atoms with Crippen LogP contribution in [-0.4, -0.2) is 19.9 Å². The molecule has 5 nitrogen and oxygen atoms in total. The Morgan fingerprint density at radius 3 is 1.43 bits per heavy atom. The molecule has 0 atom stereocenters. The Labute approximate surface area is 363 Å². The minimum absolute atomic E-state index is 0.619. The molecule has 12 aromatic rings. The smallest absolute Gasteiger partial charge is 0.164 e. The molecule has 9 aromatic carbocycles. The Bertz CT molecular complexity index is 3640. The first-order valence-electron chi connectivity index (χ1n) is 21.1. The molecule has 12 rings (SSSR count). The van der Waals surface area contributed by atoms with Gasteiger partial charge >= 0.3 is 0 Å². The van der Waals surface area contributed by atoms with Crippen molar-refractivity contribution in [1.29, 1.82) is 0 Å². The van der Waals surface area contributed by atoms with Gasteiger partial charge in [0.2, 0.25) is 0 Å². The number of benzene rings is 9. The summed E-state index contributed by atoms with van der Waals surface area (Å²) in [5.41, 5.74) is 14.1. The molecule has 0 saturated carbocycles. The van der Waals surface area contributed by atoms with E-state index in [9.17, 15) is 0 Å². The van der Waals surface area contributed by atoms with Gasteiger partial charge in [-0.2, -0.15) is 0 Å². The number of rotatable bonds is 7. The van der Waals surface area contributed by atoms with Crippen LogP contribution in [0.2, 0.25) is 0 Å². The lowest BCUT2D eigenvalue weighted by molar-refractivity contribution is 0.669. The molecule has 294 valence electrons. The maximum atomic E-state index is 6.58. The zero-order valence-corrected chi connectivity index (χ0v) is 34.0. The number of fused-ring (bicyclic) bond motifs is 6. The van der Waals surface area contributed by atoms with Crippen LogP contribution in [0.1, 0.15) is 0 Å². The van der Waals surface area contributed by atoms with E-state index in [1.165, 1.54) is 5.39 Å². The highest BCUT2D eigenvalue weighted by molar-refractivity contribution is 6.27. The zero-order valence-electron chi connectivity index (χ0n) is 34.0. The van der Waals surface area contributed by atoms with Gasteiger partial charge in [-0.25, -0.2) is 19.9 Å². The van der Waals surface area contributed by atoms with Gasteiger partial charge in [-0.15, -0.1) is 0 Å². The second-order valence-corrected chi connectivity index (χ2v) is 15.8. The van der Waals surface area contributed by atoms with Crippen molar-refractivity contribution in [3.8, 4) is 78.8 Å². The standard InChI is InChI=1S/C58H36N4O/c1-4-15-37(16-5-1)44-21-14-22-45(35-44)58-61-56(42-19-8-3-9-20-42)60-57(62-58)43-33-29-39(30-34-43)38-27-31-41(32-28-38)55-48-36-51-54(47-24-11-13-26-50(47)63-51)52(40-17-6-2-7-18-40)53(48)46-23-10-12-25-49(46)59-55/h1-36H. The molecule has 3 aromatic heterocycles. The van der Waals surface area contributed by atoms with Gasteiger partial charge in [-0.05, 0) is 52.1 Å². The minimum atomic E-state index is 0.619. The summed E-state index contributed by atoms with van der Waals surface area (Å²) < 4.78 is 6.58. The summed E-state index contributed by atoms with van der Waals surface area (Å²) in [6.45, 7) is 0. The molecule has 0 amide bonds. The van der Waals surface area contributed by atoms with E-state index < -0.39 is 0 Å². The fourth-order valence-electron chi connectivity index (χ4n) is 8.88. The molecule has 0 bridgehead atoms. The normalized spacial score (nSPS) is 11.5. The van der Waals surface area contributed by atoms with Crippen molar-refractivity contribution < 1.29 is 4.42 Å². The molecule has 5 heteroatoms. The van der Waals surface area contributed by atoms with Gasteiger partial charge in [0.25, 0.3) is 0 Å². The summed E-state index contributed by atoms with van der Waals surface area (Å²) in [4.78, 5) is 20.4. The summed E-state index contributed by atoms with van der Waals surface area (Å²) in [7, 11) is 0. The molecule has 63 heavy (non-hydrogen) atoms. The molecule has 0 aliphatic rings. The quantitative estimate of drug-likeness (QED) is 0.150. The van der Waals surface area contributed by atoms with Gasteiger partial charge in [0.15, 0.2) is 17.5 Å². The molecule has 0 N–H and O–H groups in total. The second kappa shape index (κ2) is 15.2. The number of furan rings is 1. The zero-order chi connectivity index (χ0) is 41.7. The van der Waals surface area contributed by atoms with Crippen LogP contribution in [0.4, 0.5) is 0 Å². The minimum Gasteiger partial charge on any atom is -0.456 e. The molecule has 0 saturated heterocycles. The Morgan fingerprint density at radius 2 is 0.746 bits per heavy atom. The molecule has 0 aliphatic carbocycles. The van der Waals surface area contributed by atoms with E-state index in [-0.39, 0.29) is 0 Å². The molecule has 0 spiro atoms. The van der Waals surface area contributed by atoms with Crippen LogP contribution in [0.3, 0.4) is 0 Å². The summed E-state index contributed by atoms with van der Waals surface area (Å²) >= 11 is 0. The number of para-hydroxylation sites is 2. The maximum Gasteiger partial charge on any atom is 0.164 e. The predicted molar refractivity (Wildman–Crippen MR) is 258 cm³/mol. The van der Waals surface area contributed by atoms with Crippen LogP contribution in [-0.2, 0) is 0 Å². The van der Waals surface area contributed by atoms with Crippen LogP contribution >= 0.6 is 0 Å². The first-order chi connectivity index (χ1) is 31.2. The van der Waals surface area contributed by atoms with Crippen LogP contribution in [0, 0.1) is 0 Å². The van der Waals surface area contributed by atoms with Crippen molar-refractivity contribution in [2.24, 2.45) is 0 Å². The van der Waals surface area contributed by atoms with Crippen molar-refractivity contribution in [1.82, 2.24) is 19.9 Å². The Hall–Kier alpha value is -8.54. The highest BCUT2D eigenvalue weighted by Gasteiger charge is 2.22. The lowest BCUT2D eigenvalue weighted by atomic mass is 9.89. The Balaban J connectivity index is 0.939. The van der Waals surface area contributed by atoms with E-state index in [4.69, 9.17) is 24.4 Å². The molecule has 0 radical (unpaired) electrons. The number of hydrogen-bond acceptors (Lipinski definition) is 5. The van der Waals surface area contributed by atoms with Crippen molar-refractivity contribution in [3.05, 3.63) is 218 Å².